The van der Waals surface area contributed by atoms with Gasteiger partial charge in [0, 0.05) is 5.69 Å². The van der Waals surface area contributed by atoms with Gasteiger partial charge < -0.3 is 10.2 Å². The Labute approximate surface area is 171 Å². The predicted molar refractivity (Wildman–Crippen MR) is 112 cm³/mol. The molecule has 0 unspecified atom stereocenters. The lowest BCUT2D eigenvalue weighted by atomic mass is 10.0. The number of piperazine rings is 1. The topological polar surface area (TPSA) is 70.9 Å². The van der Waals surface area contributed by atoms with Gasteiger partial charge in [0.25, 0.3) is 15.9 Å². The fourth-order valence-corrected chi connectivity index (χ4v) is 5.96. The zero-order chi connectivity index (χ0) is 20.3. The summed E-state index contributed by atoms with van der Waals surface area (Å²) < 4.78 is 27.2. The Morgan fingerprint density at radius 1 is 1.11 bits per heavy atom. The van der Waals surface area contributed by atoms with E-state index in [4.69, 9.17) is 0 Å². The molecule has 1 aliphatic rings. The molecule has 28 heavy (non-hydrogen) atoms. The maximum absolute atomic E-state index is 12.6. The van der Waals surface area contributed by atoms with E-state index < -0.39 is 10.0 Å². The van der Waals surface area contributed by atoms with Crippen LogP contribution in [0.5, 0.6) is 0 Å². The first kappa shape index (κ1) is 21.0. The molecule has 0 spiro atoms. The minimum absolute atomic E-state index is 0.0399. The van der Waals surface area contributed by atoms with Crippen LogP contribution in [-0.2, 0) is 14.8 Å². The van der Waals surface area contributed by atoms with Gasteiger partial charge in [-0.1, -0.05) is 32.0 Å². The molecule has 3 rings (SSSR count). The maximum atomic E-state index is 12.6. The number of hydrogen-bond acceptors (Lipinski definition) is 4. The van der Waals surface area contributed by atoms with Crippen molar-refractivity contribution in [1.29, 1.82) is 0 Å². The van der Waals surface area contributed by atoms with Crippen molar-refractivity contribution in [3.63, 3.8) is 0 Å². The molecule has 0 bridgehead atoms. The molecule has 1 saturated heterocycles. The largest absolute Gasteiger partial charge is 0.323 e. The molecule has 2 heterocycles. The van der Waals surface area contributed by atoms with Crippen LogP contribution in [0, 0.1) is 0 Å². The molecular formula is C20H28N3O3S2+. The van der Waals surface area contributed by atoms with Crippen LogP contribution in [0.1, 0.15) is 32.3 Å². The van der Waals surface area contributed by atoms with Crippen molar-refractivity contribution in [3.05, 3.63) is 47.3 Å². The molecule has 8 heteroatoms. The van der Waals surface area contributed by atoms with Crippen LogP contribution in [0.25, 0.3) is 0 Å². The fourth-order valence-electron chi connectivity index (χ4n) is 3.37. The van der Waals surface area contributed by atoms with Crippen molar-refractivity contribution < 1.29 is 18.1 Å². The molecule has 0 saturated carbocycles. The summed E-state index contributed by atoms with van der Waals surface area (Å²) in [7, 11) is -3.41. The first-order valence-corrected chi connectivity index (χ1v) is 11.9. The number of anilines is 1. The number of sulfonamides is 1. The average Bonchev–Trinajstić information content (AvgIpc) is 3.23. The second-order valence-corrected chi connectivity index (χ2v) is 10.6. The van der Waals surface area contributed by atoms with Gasteiger partial charge in [0.2, 0.25) is 0 Å². The molecule has 0 aliphatic carbocycles. The second-order valence-electron chi connectivity index (χ2n) is 7.48. The Morgan fingerprint density at radius 3 is 2.29 bits per heavy atom. The smallest absolute Gasteiger partial charge is 0.282 e. The van der Waals surface area contributed by atoms with Gasteiger partial charge in [-0.05, 0) is 42.0 Å². The molecular weight excluding hydrogens is 394 g/mol. The Kier molecular flexibility index (Phi) is 6.54. The number of benzene rings is 1. The van der Waals surface area contributed by atoms with Crippen molar-refractivity contribution in [2.24, 2.45) is 0 Å². The molecule has 2 N–H and O–H groups in total. The highest BCUT2D eigenvalue weighted by Crippen LogP contribution is 2.21. The molecule has 0 radical (unpaired) electrons. The van der Waals surface area contributed by atoms with Crippen LogP contribution in [0.2, 0.25) is 0 Å². The number of nitrogens with one attached hydrogen (secondary N) is 2. The Hall–Kier alpha value is -1.74. The summed E-state index contributed by atoms with van der Waals surface area (Å²) in [6, 6.07) is 11.1. The van der Waals surface area contributed by atoms with Gasteiger partial charge in [0.1, 0.15) is 4.21 Å². The van der Waals surface area contributed by atoms with E-state index in [2.05, 4.69) is 19.2 Å². The second kappa shape index (κ2) is 8.73. The summed E-state index contributed by atoms with van der Waals surface area (Å²) in [5, 5.41) is 4.75. The maximum Gasteiger partial charge on any atom is 0.282 e. The third-order valence-electron chi connectivity index (χ3n) is 5.30. The molecule has 1 aromatic carbocycles. The van der Waals surface area contributed by atoms with Gasteiger partial charge in [0.05, 0.1) is 26.2 Å². The van der Waals surface area contributed by atoms with Crippen LogP contribution < -0.4 is 10.2 Å². The van der Waals surface area contributed by atoms with Gasteiger partial charge in [-0.25, -0.2) is 8.42 Å². The van der Waals surface area contributed by atoms with Crippen LogP contribution in [0.15, 0.2) is 46.0 Å². The van der Waals surface area contributed by atoms with Crippen LogP contribution in [0.3, 0.4) is 0 Å². The normalized spacial score (nSPS) is 17.6. The van der Waals surface area contributed by atoms with Crippen molar-refractivity contribution in [2.45, 2.75) is 36.9 Å². The quantitative estimate of drug-likeness (QED) is 0.746. The summed E-state index contributed by atoms with van der Waals surface area (Å²) in [6.45, 7) is 8.26. The SMILES string of the molecule is CC(C)c1ccc(NC(=O)[C@@H](C)[NH+]2CCN(S(=O)(=O)c3cccs3)CC2)cc1. The Balaban J connectivity index is 1.56. The van der Waals surface area contributed by atoms with Crippen LogP contribution >= 0.6 is 11.3 Å². The Bertz CT molecular complexity index is 885. The molecule has 1 fully saturated rings. The van der Waals surface area contributed by atoms with Crippen LogP contribution in [0.4, 0.5) is 5.69 Å². The van der Waals surface area contributed by atoms with Gasteiger partial charge >= 0.3 is 0 Å². The number of amides is 1. The Morgan fingerprint density at radius 2 is 1.75 bits per heavy atom. The molecule has 2 aromatic rings. The summed E-state index contributed by atoms with van der Waals surface area (Å²) in [6.07, 6.45) is 0. The monoisotopic (exact) mass is 422 g/mol. The van der Waals surface area contributed by atoms with Gasteiger partial charge in [-0.15, -0.1) is 11.3 Å². The number of rotatable bonds is 6. The first-order valence-electron chi connectivity index (χ1n) is 9.58. The highest BCUT2D eigenvalue weighted by Gasteiger charge is 2.34. The number of carbonyl (C=O) groups excluding carboxylic acids is 1. The summed E-state index contributed by atoms with van der Waals surface area (Å²) >= 11 is 1.24. The van der Waals surface area contributed by atoms with E-state index in [1.165, 1.54) is 21.2 Å². The van der Waals surface area contributed by atoms with E-state index in [1.54, 1.807) is 17.5 Å². The lowest BCUT2D eigenvalue weighted by Crippen LogP contribution is -3.19. The van der Waals surface area contributed by atoms with E-state index in [-0.39, 0.29) is 11.9 Å². The molecule has 1 aromatic heterocycles. The van der Waals surface area contributed by atoms with E-state index in [1.807, 2.05) is 31.2 Å². The van der Waals surface area contributed by atoms with Crippen LogP contribution in [-0.4, -0.2) is 50.9 Å². The fraction of sp³-hybridized carbons (Fsp3) is 0.450. The number of carbonyl (C=O) groups is 1. The third kappa shape index (κ3) is 4.63. The lowest BCUT2D eigenvalue weighted by molar-refractivity contribution is -0.917. The lowest BCUT2D eigenvalue weighted by Gasteiger charge is -2.33. The van der Waals surface area contributed by atoms with Gasteiger partial charge in [-0.3, -0.25) is 4.79 Å². The number of hydrogen-bond donors (Lipinski definition) is 2. The predicted octanol–water partition coefficient (Wildman–Crippen LogP) is 1.79. The van der Waals surface area contributed by atoms with E-state index in [9.17, 15) is 13.2 Å². The molecule has 1 aliphatic heterocycles. The highest BCUT2D eigenvalue weighted by molar-refractivity contribution is 7.91. The summed E-state index contributed by atoms with van der Waals surface area (Å²) in [5.41, 5.74) is 2.03. The zero-order valence-corrected chi connectivity index (χ0v) is 18.1. The number of quaternary nitrogens is 1. The van der Waals surface area contributed by atoms with Gasteiger partial charge in [0.15, 0.2) is 6.04 Å². The van der Waals surface area contributed by atoms with E-state index >= 15 is 0 Å². The summed E-state index contributed by atoms with van der Waals surface area (Å²) in [4.78, 5) is 13.7. The third-order valence-corrected chi connectivity index (χ3v) is 8.58. The van der Waals surface area contributed by atoms with Crippen molar-refractivity contribution >= 4 is 33.0 Å². The first-order chi connectivity index (χ1) is 13.3. The molecule has 1 amide bonds. The minimum atomic E-state index is -3.41. The van der Waals surface area contributed by atoms with E-state index in [0.29, 0.717) is 36.3 Å². The molecule has 1 atom stereocenters. The van der Waals surface area contributed by atoms with Gasteiger partial charge in [-0.2, -0.15) is 4.31 Å². The molecule has 6 nitrogen and oxygen atoms in total. The van der Waals surface area contributed by atoms with E-state index in [0.717, 1.165) is 10.6 Å². The van der Waals surface area contributed by atoms with Crippen molar-refractivity contribution in [1.82, 2.24) is 4.31 Å². The summed E-state index contributed by atoms with van der Waals surface area (Å²) in [5.74, 6) is 0.414. The minimum Gasteiger partial charge on any atom is -0.323 e. The highest BCUT2D eigenvalue weighted by atomic mass is 32.2. The van der Waals surface area contributed by atoms with Crippen molar-refractivity contribution in [2.75, 3.05) is 31.5 Å². The average molecular weight is 423 g/mol. The number of thiophene rings is 1. The standard InChI is InChI=1S/C20H27N3O3S2/c1-15(2)17-6-8-18(9-7-17)21-20(24)16(3)22-10-12-23(13-11-22)28(25,26)19-5-4-14-27-19/h4-9,14-16H,10-13H2,1-3H3,(H,21,24)/p+1/t16-/m1/s1. The number of nitrogens with zero attached hydrogens (tertiary/aromatic N) is 1. The van der Waals surface area contributed by atoms with Crippen molar-refractivity contribution in [3.8, 4) is 0 Å². The zero-order valence-electron chi connectivity index (χ0n) is 16.5. The molecule has 152 valence electrons.